The highest BCUT2D eigenvalue weighted by Crippen LogP contribution is 2.57. The van der Waals surface area contributed by atoms with Crippen LogP contribution in [0.2, 0.25) is 0 Å². The van der Waals surface area contributed by atoms with Crippen molar-refractivity contribution in [3.63, 3.8) is 0 Å². The summed E-state index contributed by atoms with van der Waals surface area (Å²) in [6, 6.07) is 4.08. The Morgan fingerprint density at radius 3 is 2.95 bits per heavy atom. The minimum Gasteiger partial charge on any atom is -0.305 e. The summed E-state index contributed by atoms with van der Waals surface area (Å²) in [6.07, 6.45) is 4.14. The van der Waals surface area contributed by atoms with E-state index in [1.165, 1.54) is 6.42 Å². The van der Waals surface area contributed by atoms with Crippen molar-refractivity contribution >= 4 is 11.0 Å². The van der Waals surface area contributed by atoms with Gasteiger partial charge in [-0.1, -0.05) is 0 Å². The molecule has 4 rings (SSSR count). The van der Waals surface area contributed by atoms with Gasteiger partial charge in [-0.05, 0) is 55.4 Å². The van der Waals surface area contributed by atoms with E-state index in [2.05, 4.69) is 21.3 Å². The highest BCUT2D eigenvalue weighted by Gasteiger charge is 2.46. The summed E-state index contributed by atoms with van der Waals surface area (Å²) in [7, 11) is 0. The zero-order valence-electron chi connectivity index (χ0n) is 12.0. The van der Waals surface area contributed by atoms with Crippen LogP contribution in [0, 0.1) is 36.0 Å². The normalized spacial score (nSPS) is 30.9. The number of nitriles is 1. The summed E-state index contributed by atoms with van der Waals surface area (Å²) in [5.74, 6) is 2.29. The van der Waals surface area contributed by atoms with Crippen molar-refractivity contribution < 1.29 is 0 Å². The summed E-state index contributed by atoms with van der Waals surface area (Å²) in [6.45, 7) is 2.00. The largest absolute Gasteiger partial charge is 0.305 e. The molecule has 21 heavy (non-hydrogen) atoms. The van der Waals surface area contributed by atoms with Crippen molar-refractivity contribution in [2.45, 2.75) is 38.5 Å². The van der Waals surface area contributed by atoms with E-state index in [9.17, 15) is 4.79 Å². The zero-order valence-corrected chi connectivity index (χ0v) is 12.0. The van der Waals surface area contributed by atoms with Gasteiger partial charge in [-0.15, -0.1) is 0 Å². The fourth-order valence-electron chi connectivity index (χ4n) is 4.67. The summed E-state index contributed by atoms with van der Waals surface area (Å²) < 4.78 is 0. The van der Waals surface area contributed by atoms with Crippen LogP contribution in [0.3, 0.4) is 0 Å². The van der Waals surface area contributed by atoms with Crippen LogP contribution in [0.1, 0.15) is 42.9 Å². The topological polar surface area (TPSA) is 85.3 Å². The Morgan fingerprint density at radius 1 is 1.38 bits per heavy atom. The molecule has 2 aromatic heterocycles. The van der Waals surface area contributed by atoms with Crippen molar-refractivity contribution in [2.75, 3.05) is 0 Å². The second-order valence-electron chi connectivity index (χ2n) is 6.62. The number of fused-ring (bicyclic) bond motifs is 3. The SMILES string of the molecule is Cc1[nH]nc2[nH]c(=O)cc([C@H]3C[C@H]4C[C@@H]3C[C@@H]4CC#N)c12. The van der Waals surface area contributed by atoms with Crippen LogP contribution in [0.4, 0.5) is 0 Å². The van der Waals surface area contributed by atoms with Crippen LogP contribution in [0.25, 0.3) is 11.0 Å². The van der Waals surface area contributed by atoms with Crippen LogP contribution in [0.5, 0.6) is 0 Å². The van der Waals surface area contributed by atoms with Crippen molar-refractivity contribution in [3.8, 4) is 6.07 Å². The van der Waals surface area contributed by atoms with E-state index in [4.69, 9.17) is 5.26 Å². The van der Waals surface area contributed by atoms with Crippen molar-refractivity contribution in [3.05, 3.63) is 27.7 Å². The molecular weight excluding hydrogens is 264 g/mol. The number of aromatic nitrogens is 3. The second-order valence-corrected chi connectivity index (χ2v) is 6.62. The van der Waals surface area contributed by atoms with Crippen LogP contribution < -0.4 is 5.56 Å². The van der Waals surface area contributed by atoms with E-state index >= 15 is 0 Å². The highest BCUT2D eigenvalue weighted by molar-refractivity contribution is 5.82. The Morgan fingerprint density at radius 2 is 2.24 bits per heavy atom. The van der Waals surface area contributed by atoms with E-state index in [-0.39, 0.29) is 5.56 Å². The van der Waals surface area contributed by atoms with E-state index in [0.717, 1.165) is 29.5 Å². The number of hydrogen-bond donors (Lipinski definition) is 2. The highest BCUT2D eigenvalue weighted by atomic mass is 16.1. The first kappa shape index (κ1) is 12.6. The smallest absolute Gasteiger partial charge is 0.249 e. The molecule has 108 valence electrons. The molecule has 5 nitrogen and oxygen atoms in total. The third kappa shape index (κ3) is 1.82. The first-order chi connectivity index (χ1) is 10.2. The summed E-state index contributed by atoms with van der Waals surface area (Å²) in [5, 5.41) is 17.2. The lowest BCUT2D eigenvalue weighted by Crippen LogP contribution is -2.18. The number of aromatic amines is 2. The van der Waals surface area contributed by atoms with E-state index in [1.807, 2.05) is 6.92 Å². The Kier molecular flexibility index (Phi) is 2.68. The molecule has 2 N–H and O–H groups in total. The van der Waals surface area contributed by atoms with Gasteiger partial charge < -0.3 is 4.98 Å². The molecule has 2 fully saturated rings. The molecule has 0 unspecified atom stereocenters. The van der Waals surface area contributed by atoms with Gasteiger partial charge in [0.25, 0.3) is 0 Å². The lowest BCUT2D eigenvalue weighted by molar-refractivity contribution is 0.310. The van der Waals surface area contributed by atoms with Crippen LogP contribution in [-0.2, 0) is 0 Å². The van der Waals surface area contributed by atoms with Gasteiger partial charge in [0, 0.05) is 23.6 Å². The number of hydrogen-bond acceptors (Lipinski definition) is 3. The molecule has 0 aliphatic heterocycles. The van der Waals surface area contributed by atoms with Crippen molar-refractivity contribution in [1.29, 1.82) is 5.26 Å². The minimum atomic E-state index is -0.0691. The number of nitrogens with one attached hydrogen (secondary N) is 2. The molecule has 2 aromatic rings. The van der Waals surface area contributed by atoms with Gasteiger partial charge in [0.1, 0.15) is 0 Å². The van der Waals surface area contributed by atoms with Gasteiger partial charge in [0.05, 0.1) is 6.07 Å². The van der Waals surface area contributed by atoms with Crippen molar-refractivity contribution in [2.24, 2.45) is 17.8 Å². The fraction of sp³-hybridized carbons (Fsp3) is 0.562. The standard InChI is InChI=1S/C16H18N4O/c1-8-15-13(7-14(21)18-16(15)20-19-8)12-6-10-5-11(12)4-9(10)2-3-17/h7,9-12H,2,4-6H2,1H3,(H2,18,19,20,21)/t9-,10+,11-,12-/m0/s1. The van der Waals surface area contributed by atoms with Crippen LogP contribution in [-0.4, -0.2) is 15.2 Å². The lowest BCUT2D eigenvalue weighted by atomic mass is 9.77. The first-order valence-electron chi connectivity index (χ1n) is 7.62. The quantitative estimate of drug-likeness (QED) is 0.887. The number of H-pyrrole nitrogens is 2. The number of nitrogens with zero attached hydrogens (tertiary/aromatic N) is 2. The van der Waals surface area contributed by atoms with Crippen molar-refractivity contribution in [1.82, 2.24) is 15.2 Å². The average molecular weight is 282 g/mol. The Labute approximate surface area is 122 Å². The molecule has 2 bridgehead atoms. The second kappa shape index (κ2) is 4.45. The van der Waals surface area contributed by atoms with Gasteiger partial charge in [0.15, 0.2) is 5.65 Å². The van der Waals surface area contributed by atoms with Gasteiger partial charge in [-0.3, -0.25) is 9.89 Å². The average Bonchev–Trinajstić information content (AvgIpc) is 3.13. The molecule has 0 saturated heterocycles. The fourth-order valence-corrected chi connectivity index (χ4v) is 4.67. The van der Waals surface area contributed by atoms with Gasteiger partial charge in [-0.25, -0.2) is 0 Å². The number of aryl methyl sites for hydroxylation is 1. The first-order valence-corrected chi connectivity index (χ1v) is 7.62. The maximum absolute atomic E-state index is 11.9. The molecule has 4 atom stereocenters. The van der Waals surface area contributed by atoms with E-state index in [1.54, 1.807) is 6.07 Å². The number of rotatable bonds is 2. The Hall–Kier alpha value is -2.09. The van der Waals surface area contributed by atoms with Gasteiger partial charge in [-0.2, -0.15) is 10.4 Å². The Balaban J connectivity index is 1.75. The monoisotopic (exact) mass is 282 g/mol. The molecule has 2 saturated carbocycles. The maximum Gasteiger partial charge on any atom is 0.249 e. The third-order valence-corrected chi connectivity index (χ3v) is 5.52. The van der Waals surface area contributed by atoms with E-state index in [0.29, 0.717) is 35.7 Å². The zero-order chi connectivity index (χ0) is 14.6. The van der Waals surface area contributed by atoms with Crippen LogP contribution >= 0.6 is 0 Å². The number of pyridine rings is 1. The summed E-state index contributed by atoms with van der Waals surface area (Å²) in [4.78, 5) is 14.7. The molecule has 0 amide bonds. The predicted octanol–water partition coefficient (Wildman–Crippen LogP) is 2.60. The summed E-state index contributed by atoms with van der Waals surface area (Å²) in [5.41, 5.74) is 2.78. The molecule has 2 aliphatic rings. The van der Waals surface area contributed by atoms with Crippen LogP contribution in [0.15, 0.2) is 10.9 Å². The predicted molar refractivity (Wildman–Crippen MR) is 78.7 cm³/mol. The lowest BCUT2D eigenvalue weighted by Gasteiger charge is -2.27. The molecular formula is C16H18N4O. The molecule has 0 radical (unpaired) electrons. The van der Waals surface area contributed by atoms with E-state index < -0.39 is 0 Å². The summed E-state index contributed by atoms with van der Waals surface area (Å²) >= 11 is 0. The van der Waals surface area contributed by atoms with Gasteiger partial charge >= 0.3 is 0 Å². The maximum atomic E-state index is 11.9. The third-order valence-electron chi connectivity index (χ3n) is 5.52. The Bertz CT molecular complexity index is 797. The van der Waals surface area contributed by atoms with Gasteiger partial charge in [0.2, 0.25) is 5.56 Å². The molecule has 0 spiro atoms. The molecule has 5 heteroatoms. The molecule has 2 heterocycles. The minimum absolute atomic E-state index is 0.0691. The molecule has 0 aromatic carbocycles. The molecule has 2 aliphatic carbocycles.